The fourth-order valence-corrected chi connectivity index (χ4v) is 11.5. The summed E-state index contributed by atoms with van der Waals surface area (Å²) in [5.41, 5.74) is -0.809. The van der Waals surface area contributed by atoms with Crippen LogP contribution in [0.15, 0.2) is 48.5 Å². The van der Waals surface area contributed by atoms with Gasteiger partial charge in [-0.1, -0.05) is 83.8 Å². The number of benzene rings is 2. The number of likely N-dealkylation sites (tertiary alicyclic amines) is 1. The lowest BCUT2D eigenvalue weighted by molar-refractivity contribution is -0.148. The van der Waals surface area contributed by atoms with E-state index in [9.17, 15) is 70.7 Å². The van der Waals surface area contributed by atoms with Gasteiger partial charge in [0.15, 0.2) is 0 Å². The number of ether oxygens (including phenoxy) is 1. The van der Waals surface area contributed by atoms with Gasteiger partial charge >= 0.3 is 6.18 Å². The minimum Gasteiger partial charge on any atom is -0.369 e. The van der Waals surface area contributed by atoms with Gasteiger partial charge in [0.05, 0.1) is 38.2 Å². The molecule has 27 nitrogen and oxygen atoms in total. The van der Waals surface area contributed by atoms with Crippen LogP contribution in [0.2, 0.25) is 5.02 Å². The van der Waals surface area contributed by atoms with Crippen LogP contribution < -0.4 is 31.9 Å². The Bertz CT molecular complexity index is 3240. The molecule has 4 rings (SSSR count). The molecule has 0 spiro atoms. The molecule has 2 fully saturated rings. The molecule has 2 aromatic carbocycles. The quantitative estimate of drug-likeness (QED) is 0.141. The van der Waals surface area contributed by atoms with Gasteiger partial charge in [-0.25, -0.2) is 0 Å². The maximum atomic E-state index is 15.2. The van der Waals surface area contributed by atoms with Crippen molar-refractivity contribution >= 4 is 88.4 Å². The molecule has 2 aliphatic heterocycles. The van der Waals surface area contributed by atoms with Crippen molar-refractivity contribution in [3.8, 4) is 0 Å². The summed E-state index contributed by atoms with van der Waals surface area (Å²) in [5.74, 6) is -11.7. The van der Waals surface area contributed by atoms with E-state index < -0.39 is 188 Å². The van der Waals surface area contributed by atoms with Crippen molar-refractivity contribution in [2.45, 2.75) is 187 Å². The second-order valence-corrected chi connectivity index (χ2v) is 28.8. The normalized spacial score (nSPS) is 23.4. The Morgan fingerprint density at radius 1 is 0.604 bits per heavy atom. The third kappa shape index (κ3) is 26.5. The van der Waals surface area contributed by atoms with Crippen LogP contribution in [0.1, 0.15) is 131 Å². The third-order valence-electron chi connectivity index (χ3n) is 17.8. The van der Waals surface area contributed by atoms with Gasteiger partial charge < -0.3 is 70.9 Å². The molecular weight excluding hydrogens is 1340 g/mol. The van der Waals surface area contributed by atoms with Gasteiger partial charge in [0, 0.05) is 72.4 Å². The number of aryl methyl sites for hydroxylation is 1. The van der Waals surface area contributed by atoms with Gasteiger partial charge in [-0.3, -0.25) is 62.3 Å². The van der Waals surface area contributed by atoms with Crippen LogP contribution in [0.3, 0.4) is 0 Å². The number of halogens is 4. The highest BCUT2D eigenvalue weighted by molar-refractivity contribution is 6.30. The predicted octanol–water partition coefficient (Wildman–Crippen LogP) is 2.93. The van der Waals surface area contributed by atoms with Crippen LogP contribution in [-0.4, -0.2) is 253 Å². The van der Waals surface area contributed by atoms with E-state index in [1.54, 1.807) is 86.6 Å². The van der Waals surface area contributed by atoms with E-state index in [-0.39, 0.29) is 43.9 Å². The number of carbonyl (C=O) groups excluding carboxylic acids is 13. The zero-order valence-corrected chi connectivity index (χ0v) is 61.9. The summed E-state index contributed by atoms with van der Waals surface area (Å²) in [6.07, 6.45) is -4.43. The fourth-order valence-electron chi connectivity index (χ4n) is 11.4. The average Bonchev–Trinajstić information content (AvgIpc) is 1.57. The van der Waals surface area contributed by atoms with Gasteiger partial charge in [0.25, 0.3) is 0 Å². The van der Waals surface area contributed by atoms with Crippen LogP contribution in [-0.2, 0) is 86.1 Å². The second kappa shape index (κ2) is 38.6. The Morgan fingerprint density at radius 3 is 1.72 bits per heavy atom. The Hall–Kier alpha value is -8.41. The van der Waals surface area contributed by atoms with E-state index in [0.717, 1.165) is 41.5 Å². The fraction of sp³-hybridized carbons (Fsp3) is 0.643. The number of rotatable bonds is 16. The van der Waals surface area contributed by atoms with Crippen molar-refractivity contribution in [1.29, 1.82) is 0 Å². The number of hydrogen-bond acceptors (Lipinski definition) is 14. The van der Waals surface area contributed by atoms with Crippen LogP contribution >= 0.6 is 11.6 Å². The molecule has 0 radical (unpaired) electrons. The van der Waals surface area contributed by atoms with Crippen molar-refractivity contribution in [2.75, 3.05) is 88.2 Å². The molecule has 2 aromatic rings. The third-order valence-corrected chi connectivity index (χ3v) is 18.0. The summed E-state index contributed by atoms with van der Waals surface area (Å²) >= 11 is 6.21. The molecule has 2 saturated heterocycles. The van der Waals surface area contributed by atoms with E-state index in [1.165, 1.54) is 66.2 Å². The van der Waals surface area contributed by atoms with Gasteiger partial charge in [0.1, 0.15) is 54.9 Å². The number of carbonyl (C=O) groups is 13. The molecule has 13 amide bonds. The molecular formula is C70H105ClF3N13O14. The zero-order valence-electron chi connectivity index (χ0n) is 61.1. The molecule has 562 valence electrons. The first-order chi connectivity index (χ1) is 47.0. The van der Waals surface area contributed by atoms with Crippen LogP contribution in [0, 0.1) is 17.8 Å². The predicted molar refractivity (Wildman–Crippen MR) is 370 cm³/mol. The molecule has 0 saturated carbocycles. The summed E-state index contributed by atoms with van der Waals surface area (Å²) in [5, 5.41) is 16.5. The Labute approximate surface area is 595 Å². The van der Waals surface area contributed by atoms with Crippen molar-refractivity contribution < 1.29 is 80.2 Å². The van der Waals surface area contributed by atoms with Gasteiger partial charge in [0.2, 0.25) is 76.8 Å². The minimum atomic E-state index is -4.67. The molecule has 0 aliphatic carbocycles. The summed E-state index contributed by atoms with van der Waals surface area (Å²) in [4.78, 5) is 195. The van der Waals surface area contributed by atoms with E-state index in [1.807, 2.05) is 0 Å². The topological polar surface area (TPSA) is 326 Å². The molecule has 31 heteroatoms. The van der Waals surface area contributed by atoms with Gasteiger partial charge in [-0.15, -0.1) is 0 Å². The van der Waals surface area contributed by atoms with Gasteiger partial charge in [-0.05, 0) is 119 Å². The lowest BCUT2D eigenvalue weighted by Crippen LogP contribution is -2.61. The average molecular weight is 1450 g/mol. The second-order valence-electron chi connectivity index (χ2n) is 28.4. The first-order valence-electron chi connectivity index (χ1n) is 34.1. The van der Waals surface area contributed by atoms with Gasteiger partial charge in [-0.2, -0.15) is 13.2 Å². The molecule has 0 unspecified atom stereocenters. The number of nitrogens with one attached hydrogen (secondary N) is 6. The monoisotopic (exact) mass is 1440 g/mol. The first-order valence-corrected chi connectivity index (χ1v) is 34.5. The SMILES string of the molecule is CC[C@H](C)[C@@H]1NC(=O)[C@H](C)N(C)C(=O)C[C@@H](C(=O)N2CCCC2)NC(=O)[C@H](CC(C)C)N(C)C(=O)[C@H](COCC(=O)NC(C)(C)C)NC(=O)[C@H](CC(C)C)NC(=O)[C@H](CCc2ccc(C(F)(F)F)cc2)NC(=O)CN(C)C(=O)[C@H](Cc2ccc(Cl)cc2)N(C)C(=O)CN(C)C(=O)CN(C)C1=O. The summed E-state index contributed by atoms with van der Waals surface area (Å²) in [6.45, 7) is 14.4. The molecule has 0 aromatic heterocycles. The number of amides is 13. The van der Waals surface area contributed by atoms with Crippen LogP contribution in [0.25, 0.3) is 0 Å². The first kappa shape index (κ1) is 85.0. The Morgan fingerprint density at radius 2 is 1.16 bits per heavy atom. The van der Waals surface area contributed by atoms with Crippen LogP contribution in [0.5, 0.6) is 0 Å². The summed E-state index contributed by atoms with van der Waals surface area (Å²) in [7, 11) is 7.80. The molecule has 101 heavy (non-hydrogen) atoms. The smallest absolute Gasteiger partial charge is 0.369 e. The zero-order chi connectivity index (χ0) is 76.1. The standard InChI is InChI=1S/C70H105ClF3N13O14/c1-17-43(6)60-68(100)83(13)37-58(91)81(11)38-59(92)85(15)54(34-46-22-27-48(71)28-23-46)67(99)82(12)36-55(88)75-49(29-24-45-20-25-47(26-21-45)70(72,73)74)62(94)76-50(32-41(2)3)63(95)78-52(39-101-40-56(89)80-69(8,9)10)65(97)86(16)53(33-42(4)5)64(96)77-51(66(98)87-30-18-19-31-87)35-57(90)84(14)44(7)61(93)79-60/h20-23,25-28,41-44,49-54,60H,17-19,24,29-40H2,1-16H3,(H,75,88)(H,76,94)(H,77,96)(H,78,95)(H,79,93)(H,80,89)/t43-,44-,49-,50-,51-,52-,53-,54-,60-/m0/s1. The van der Waals surface area contributed by atoms with Crippen molar-refractivity contribution in [3.05, 3.63) is 70.2 Å². The maximum Gasteiger partial charge on any atom is 0.416 e. The summed E-state index contributed by atoms with van der Waals surface area (Å²) in [6, 6.07) is -1.21. The lowest BCUT2D eigenvalue weighted by Gasteiger charge is -2.34. The van der Waals surface area contributed by atoms with E-state index >= 15 is 4.79 Å². The highest BCUT2D eigenvalue weighted by Crippen LogP contribution is 2.30. The molecule has 9 atom stereocenters. The highest BCUT2D eigenvalue weighted by atomic mass is 35.5. The molecule has 2 aliphatic rings. The van der Waals surface area contributed by atoms with E-state index in [4.69, 9.17) is 16.3 Å². The number of nitrogens with zero attached hydrogens (tertiary/aromatic N) is 7. The highest BCUT2D eigenvalue weighted by Gasteiger charge is 2.41. The molecule has 6 N–H and O–H groups in total. The maximum absolute atomic E-state index is 15.2. The lowest BCUT2D eigenvalue weighted by atomic mass is 9.97. The molecule has 2 heterocycles. The Balaban J connectivity index is 1.90. The number of likely N-dealkylation sites (N-methyl/N-ethyl adjacent to an activating group) is 6. The van der Waals surface area contributed by atoms with E-state index in [0.29, 0.717) is 48.5 Å². The van der Waals surface area contributed by atoms with Crippen molar-refractivity contribution in [3.63, 3.8) is 0 Å². The minimum absolute atomic E-state index is 0.0499. The largest absolute Gasteiger partial charge is 0.416 e. The van der Waals surface area contributed by atoms with Crippen molar-refractivity contribution in [1.82, 2.24) is 66.2 Å². The number of hydrogen-bond donors (Lipinski definition) is 6. The Kier molecular flexibility index (Phi) is 32.5. The van der Waals surface area contributed by atoms with E-state index in [2.05, 4.69) is 31.9 Å². The van der Waals surface area contributed by atoms with Crippen molar-refractivity contribution in [2.24, 2.45) is 17.8 Å². The molecule has 0 bridgehead atoms. The summed E-state index contributed by atoms with van der Waals surface area (Å²) < 4.78 is 46.8. The van der Waals surface area contributed by atoms with Crippen LogP contribution in [0.4, 0.5) is 13.2 Å². The number of alkyl halides is 3.